The summed E-state index contributed by atoms with van der Waals surface area (Å²) in [5.41, 5.74) is 0.818. The first-order valence-electron chi connectivity index (χ1n) is 9.21. The average Bonchev–Trinajstić information content (AvgIpc) is 2.67. The van der Waals surface area contributed by atoms with Crippen LogP contribution in [0.3, 0.4) is 0 Å². The lowest BCUT2D eigenvalue weighted by Gasteiger charge is -2.36. The quantitative estimate of drug-likeness (QED) is 0.407. The molecule has 1 saturated heterocycles. The second-order valence-corrected chi connectivity index (χ2v) is 7.03. The summed E-state index contributed by atoms with van der Waals surface area (Å²) in [6.07, 6.45) is 2.55. The van der Waals surface area contributed by atoms with Gasteiger partial charge in [-0.3, -0.25) is 19.7 Å². The number of nitrogens with zero attached hydrogens (tertiary/aromatic N) is 1. The fraction of sp³-hybridized carbons (Fsp3) is 0.400. The SMILES string of the molecule is COc1ccc(C=CC(=O)NC(=S)N2CCNC(=O)C2CC(=O)OC(C)C)cc1. The summed E-state index contributed by atoms with van der Waals surface area (Å²) in [4.78, 5) is 38.0. The Bertz CT molecular complexity index is 792. The number of ether oxygens (including phenoxy) is 2. The molecule has 1 aromatic carbocycles. The number of hydrogen-bond acceptors (Lipinski definition) is 6. The maximum absolute atomic E-state index is 12.2. The van der Waals surface area contributed by atoms with Crippen molar-refractivity contribution in [1.29, 1.82) is 0 Å². The van der Waals surface area contributed by atoms with Crippen molar-refractivity contribution < 1.29 is 23.9 Å². The number of rotatable bonds is 6. The van der Waals surface area contributed by atoms with Crippen LogP contribution in [0.15, 0.2) is 30.3 Å². The highest BCUT2D eigenvalue weighted by Gasteiger charge is 2.34. The second kappa shape index (κ2) is 10.6. The highest BCUT2D eigenvalue weighted by Crippen LogP contribution is 2.13. The average molecular weight is 420 g/mol. The number of nitrogens with one attached hydrogen (secondary N) is 2. The van der Waals surface area contributed by atoms with Gasteiger partial charge in [-0.15, -0.1) is 0 Å². The predicted octanol–water partition coefficient (Wildman–Crippen LogP) is 1.25. The Balaban J connectivity index is 1.98. The lowest BCUT2D eigenvalue weighted by molar-refractivity contribution is -0.150. The Morgan fingerprint density at radius 3 is 2.66 bits per heavy atom. The first kappa shape index (κ1) is 22.4. The van der Waals surface area contributed by atoms with E-state index in [2.05, 4.69) is 10.6 Å². The predicted molar refractivity (Wildman–Crippen MR) is 112 cm³/mol. The number of carbonyl (C=O) groups excluding carboxylic acids is 3. The van der Waals surface area contributed by atoms with Crippen molar-refractivity contribution in [2.75, 3.05) is 20.2 Å². The van der Waals surface area contributed by atoms with E-state index in [0.717, 1.165) is 11.3 Å². The molecule has 1 fully saturated rings. The zero-order valence-corrected chi connectivity index (χ0v) is 17.5. The third kappa shape index (κ3) is 6.86. The monoisotopic (exact) mass is 419 g/mol. The van der Waals surface area contributed by atoms with Gasteiger partial charge in [0.25, 0.3) is 0 Å². The van der Waals surface area contributed by atoms with E-state index in [0.29, 0.717) is 13.1 Å². The smallest absolute Gasteiger partial charge is 0.308 e. The van der Waals surface area contributed by atoms with Crippen molar-refractivity contribution in [3.63, 3.8) is 0 Å². The van der Waals surface area contributed by atoms with Crippen LogP contribution in [0.25, 0.3) is 6.08 Å². The van der Waals surface area contributed by atoms with E-state index in [1.54, 1.807) is 39.2 Å². The summed E-state index contributed by atoms with van der Waals surface area (Å²) in [6.45, 7) is 4.21. The number of hydrogen-bond donors (Lipinski definition) is 2. The molecule has 0 aromatic heterocycles. The minimum atomic E-state index is -0.826. The Hall–Kier alpha value is -2.94. The highest BCUT2D eigenvalue weighted by atomic mass is 32.1. The first-order chi connectivity index (χ1) is 13.8. The molecule has 0 radical (unpaired) electrons. The number of amides is 2. The van der Waals surface area contributed by atoms with Crippen LogP contribution in [0.4, 0.5) is 0 Å². The third-order valence-electron chi connectivity index (χ3n) is 4.09. The molecule has 2 amide bonds. The summed E-state index contributed by atoms with van der Waals surface area (Å²) < 4.78 is 10.2. The molecule has 0 spiro atoms. The number of piperazine rings is 1. The first-order valence-corrected chi connectivity index (χ1v) is 9.62. The molecule has 29 heavy (non-hydrogen) atoms. The molecule has 1 aliphatic heterocycles. The fourth-order valence-electron chi connectivity index (χ4n) is 2.74. The van der Waals surface area contributed by atoms with Gasteiger partial charge in [-0.05, 0) is 49.8 Å². The van der Waals surface area contributed by atoms with Crippen LogP contribution in [-0.4, -0.2) is 60.1 Å². The van der Waals surface area contributed by atoms with Crippen LogP contribution in [0.2, 0.25) is 0 Å². The van der Waals surface area contributed by atoms with Crippen LogP contribution >= 0.6 is 12.2 Å². The van der Waals surface area contributed by atoms with Gasteiger partial charge in [-0.1, -0.05) is 12.1 Å². The van der Waals surface area contributed by atoms with Crippen molar-refractivity contribution >= 4 is 41.2 Å². The highest BCUT2D eigenvalue weighted by molar-refractivity contribution is 7.80. The van der Waals surface area contributed by atoms with E-state index in [-0.39, 0.29) is 23.5 Å². The van der Waals surface area contributed by atoms with Crippen molar-refractivity contribution in [3.05, 3.63) is 35.9 Å². The van der Waals surface area contributed by atoms with Gasteiger partial charge in [0, 0.05) is 19.2 Å². The lowest BCUT2D eigenvalue weighted by Crippen LogP contribution is -2.60. The molecule has 0 bridgehead atoms. The lowest BCUT2D eigenvalue weighted by atomic mass is 10.1. The summed E-state index contributed by atoms with van der Waals surface area (Å²) in [5, 5.41) is 5.37. The maximum atomic E-state index is 12.2. The number of esters is 1. The normalized spacial score (nSPS) is 16.5. The molecule has 1 unspecified atom stereocenters. The van der Waals surface area contributed by atoms with Crippen LogP contribution in [0.1, 0.15) is 25.8 Å². The molecule has 2 rings (SSSR count). The zero-order valence-electron chi connectivity index (χ0n) is 16.6. The number of methoxy groups -OCH3 is 1. The van der Waals surface area contributed by atoms with Crippen LogP contribution in [0, 0.1) is 0 Å². The molecule has 0 saturated carbocycles. The van der Waals surface area contributed by atoms with Gasteiger partial charge in [0.05, 0.1) is 19.6 Å². The van der Waals surface area contributed by atoms with Crippen LogP contribution in [-0.2, 0) is 19.1 Å². The van der Waals surface area contributed by atoms with E-state index < -0.39 is 17.9 Å². The molecule has 2 N–H and O–H groups in total. The molecule has 1 aromatic rings. The molecule has 156 valence electrons. The minimum Gasteiger partial charge on any atom is -0.497 e. The molecule has 1 atom stereocenters. The standard InChI is InChI=1S/C20H25N3O5S/c1-13(2)28-18(25)12-16-19(26)21-10-11-23(16)20(29)22-17(24)9-6-14-4-7-15(27-3)8-5-14/h4-9,13,16H,10-12H2,1-3H3,(H,21,26)(H,22,24,29). The largest absolute Gasteiger partial charge is 0.497 e. The molecular formula is C20H25N3O5S. The Labute approximate surface area is 175 Å². The summed E-state index contributed by atoms with van der Waals surface area (Å²) >= 11 is 5.30. The molecule has 1 heterocycles. The van der Waals surface area contributed by atoms with Gasteiger partial charge in [-0.25, -0.2) is 0 Å². The molecule has 8 nitrogen and oxygen atoms in total. The number of benzene rings is 1. The summed E-state index contributed by atoms with van der Waals surface area (Å²) in [6, 6.07) is 6.37. The van der Waals surface area contributed by atoms with E-state index >= 15 is 0 Å². The van der Waals surface area contributed by atoms with E-state index in [1.807, 2.05) is 12.1 Å². The Morgan fingerprint density at radius 1 is 1.34 bits per heavy atom. The van der Waals surface area contributed by atoms with Gasteiger partial charge in [-0.2, -0.15) is 0 Å². The summed E-state index contributed by atoms with van der Waals surface area (Å²) in [5.74, 6) is -0.540. The third-order valence-corrected chi connectivity index (χ3v) is 4.43. The van der Waals surface area contributed by atoms with E-state index in [4.69, 9.17) is 21.7 Å². The number of carbonyl (C=O) groups is 3. The van der Waals surface area contributed by atoms with Crippen LogP contribution in [0.5, 0.6) is 5.75 Å². The van der Waals surface area contributed by atoms with Gasteiger partial charge in [0.1, 0.15) is 11.8 Å². The van der Waals surface area contributed by atoms with Gasteiger partial charge < -0.3 is 19.7 Å². The zero-order chi connectivity index (χ0) is 21.4. The topological polar surface area (TPSA) is 97.0 Å². The second-order valence-electron chi connectivity index (χ2n) is 6.64. The minimum absolute atomic E-state index is 0.0894. The fourth-order valence-corrected chi connectivity index (χ4v) is 3.05. The summed E-state index contributed by atoms with van der Waals surface area (Å²) in [7, 11) is 1.58. The van der Waals surface area contributed by atoms with Gasteiger partial charge >= 0.3 is 5.97 Å². The molecule has 1 aliphatic rings. The number of thiocarbonyl (C=S) groups is 1. The molecular weight excluding hydrogens is 394 g/mol. The van der Waals surface area contributed by atoms with Gasteiger partial charge in [0.15, 0.2) is 5.11 Å². The Kier molecular flexibility index (Phi) is 8.14. The molecule has 9 heteroatoms. The van der Waals surface area contributed by atoms with Crippen molar-refractivity contribution in [2.24, 2.45) is 0 Å². The van der Waals surface area contributed by atoms with Crippen molar-refractivity contribution in [2.45, 2.75) is 32.4 Å². The van der Waals surface area contributed by atoms with Crippen molar-refractivity contribution in [1.82, 2.24) is 15.5 Å². The van der Waals surface area contributed by atoms with Gasteiger partial charge in [0.2, 0.25) is 11.8 Å². The maximum Gasteiger partial charge on any atom is 0.308 e. The van der Waals surface area contributed by atoms with E-state index in [9.17, 15) is 14.4 Å². The van der Waals surface area contributed by atoms with Crippen LogP contribution < -0.4 is 15.4 Å². The molecule has 0 aliphatic carbocycles. The Morgan fingerprint density at radius 2 is 2.03 bits per heavy atom. The van der Waals surface area contributed by atoms with Crippen molar-refractivity contribution in [3.8, 4) is 5.75 Å². The van der Waals surface area contributed by atoms with E-state index in [1.165, 1.54) is 11.0 Å².